The molecule has 1 N–H and O–H groups in total. The summed E-state index contributed by atoms with van der Waals surface area (Å²) in [5.74, 6) is -0.702. The third kappa shape index (κ3) is 1.94. The number of fused-ring (bicyclic) bond motifs is 2. The fourth-order valence-corrected chi connectivity index (χ4v) is 3.36. The average molecular weight is 320 g/mol. The number of aryl methyl sites for hydroxylation is 1. The molecule has 0 radical (unpaired) electrons. The zero-order valence-corrected chi connectivity index (χ0v) is 13.2. The van der Waals surface area contributed by atoms with Gasteiger partial charge in [-0.25, -0.2) is 0 Å². The minimum Gasteiger partial charge on any atom is -0.506 e. The Bertz CT molecular complexity index is 1040. The van der Waals surface area contributed by atoms with Gasteiger partial charge in [0.05, 0.1) is 5.52 Å². The zero-order valence-electron chi connectivity index (χ0n) is 13.2. The van der Waals surface area contributed by atoms with Crippen molar-refractivity contribution >= 4 is 22.5 Å². The molecule has 5 nitrogen and oxygen atoms in total. The fraction of sp³-hybridized carbons (Fsp3) is 0.158. The maximum atomic E-state index is 13.0. The van der Waals surface area contributed by atoms with Gasteiger partial charge in [0, 0.05) is 24.7 Å². The molecule has 24 heavy (non-hydrogen) atoms. The van der Waals surface area contributed by atoms with E-state index in [1.165, 1.54) is 4.57 Å². The third-order valence-corrected chi connectivity index (χ3v) is 4.62. The smallest absolute Gasteiger partial charge is 0.267 e. The molecule has 1 aromatic heterocycles. The maximum Gasteiger partial charge on any atom is 0.267 e. The molecule has 0 saturated carbocycles. The van der Waals surface area contributed by atoms with E-state index in [4.69, 9.17) is 0 Å². The number of carbonyl (C=O) groups is 1. The maximum absolute atomic E-state index is 13.0. The molecule has 0 bridgehead atoms. The Balaban J connectivity index is 1.92. The van der Waals surface area contributed by atoms with Gasteiger partial charge in [-0.05, 0) is 30.2 Å². The van der Waals surface area contributed by atoms with Gasteiger partial charge < -0.3 is 14.6 Å². The second-order valence-corrected chi connectivity index (χ2v) is 5.94. The molecule has 2 aromatic carbocycles. The Morgan fingerprint density at radius 3 is 2.62 bits per heavy atom. The van der Waals surface area contributed by atoms with Gasteiger partial charge in [-0.2, -0.15) is 0 Å². The highest BCUT2D eigenvalue weighted by Crippen LogP contribution is 2.32. The van der Waals surface area contributed by atoms with Gasteiger partial charge in [0.1, 0.15) is 11.3 Å². The minimum atomic E-state index is -0.486. The van der Waals surface area contributed by atoms with Crippen molar-refractivity contribution in [1.29, 1.82) is 0 Å². The van der Waals surface area contributed by atoms with Gasteiger partial charge in [-0.3, -0.25) is 9.59 Å². The van der Waals surface area contributed by atoms with Crippen LogP contribution in [-0.2, 0) is 13.5 Å². The average Bonchev–Trinajstić information content (AvgIpc) is 3.04. The molecule has 0 atom stereocenters. The van der Waals surface area contributed by atoms with E-state index < -0.39 is 11.5 Å². The summed E-state index contributed by atoms with van der Waals surface area (Å²) in [6.45, 7) is 0.508. The number of anilines is 1. The normalized spacial score (nSPS) is 13.3. The number of nitrogens with zero attached hydrogens (tertiary/aromatic N) is 2. The molecule has 1 aliphatic heterocycles. The standard InChI is InChI=1S/C19H16N2O3/c1-20-15-9-5-3-7-13(15)17(22)16(18(20)23)19(24)21-11-10-12-6-2-4-8-14(12)21/h2-9,22H,10-11H2,1H3. The van der Waals surface area contributed by atoms with E-state index in [-0.39, 0.29) is 11.3 Å². The predicted octanol–water partition coefficient (Wildman–Crippen LogP) is 2.45. The highest BCUT2D eigenvalue weighted by molar-refractivity contribution is 6.11. The van der Waals surface area contributed by atoms with Crippen LogP contribution in [0.25, 0.3) is 10.9 Å². The van der Waals surface area contributed by atoms with E-state index in [1.54, 1.807) is 36.2 Å². The van der Waals surface area contributed by atoms with E-state index in [1.807, 2.05) is 24.3 Å². The highest BCUT2D eigenvalue weighted by Gasteiger charge is 2.30. The number of benzene rings is 2. The summed E-state index contributed by atoms with van der Waals surface area (Å²) in [5, 5.41) is 11.1. The highest BCUT2D eigenvalue weighted by atomic mass is 16.3. The molecule has 120 valence electrons. The second kappa shape index (κ2) is 5.23. The fourth-order valence-electron chi connectivity index (χ4n) is 3.36. The molecule has 5 heteroatoms. The lowest BCUT2D eigenvalue weighted by Gasteiger charge is -2.19. The van der Waals surface area contributed by atoms with Crippen LogP contribution in [0, 0.1) is 0 Å². The van der Waals surface area contributed by atoms with E-state index in [0.29, 0.717) is 17.4 Å². The van der Waals surface area contributed by atoms with Gasteiger partial charge >= 0.3 is 0 Å². The first kappa shape index (κ1) is 14.5. The van der Waals surface area contributed by atoms with Crippen molar-refractivity contribution in [1.82, 2.24) is 4.57 Å². The van der Waals surface area contributed by atoms with Crippen molar-refractivity contribution in [3.8, 4) is 5.75 Å². The van der Waals surface area contributed by atoms with Crippen molar-refractivity contribution in [2.24, 2.45) is 7.05 Å². The van der Waals surface area contributed by atoms with Crippen LogP contribution in [-0.4, -0.2) is 22.1 Å². The molecule has 1 aliphatic rings. The van der Waals surface area contributed by atoms with Gasteiger partial charge in [-0.1, -0.05) is 30.3 Å². The van der Waals surface area contributed by atoms with Gasteiger partial charge in [0.2, 0.25) is 0 Å². The van der Waals surface area contributed by atoms with Gasteiger partial charge in [0.25, 0.3) is 11.5 Å². The predicted molar refractivity (Wildman–Crippen MR) is 92.7 cm³/mol. The molecular weight excluding hydrogens is 304 g/mol. The third-order valence-electron chi connectivity index (χ3n) is 4.62. The number of para-hydroxylation sites is 2. The monoisotopic (exact) mass is 320 g/mol. The van der Waals surface area contributed by atoms with E-state index in [0.717, 1.165) is 17.7 Å². The van der Waals surface area contributed by atoms with E-state index in [9.17, 15) is 14.7 Å². The summed E-state index contributed by atoms with van der Waals surface area (Å²) in [4.78, 5) is 27.2. The molecule has 1 amide bonds. The summed E-state index contributed by atoms with van der Waals surface area (Å²) >= 11 is 0. The lowest BCUT2D eigenvalue weighted by atomic mass is 10.1. The number of hydrogen-bond acceptors (Lipinski definition) is 3. The second-order valence-electron chi connectivity index (χ2n) is 5.94. The van der Waals surface area contributed by atoms with Crippen molar-refractivity contribution in [2.75, 3.05) is 11.4 Å². The summed E-state index contributed by atoms with van der Waals surface area (Å²) in [6.07, 6.45) is 0.747. The number of aromatic nitrogens is 1. The minimum absolute atomic E-state index is 0.173. The largest absolute Gasteiger partial charge is 0.506 e. The van der Waals surface area contributed by atoms with Crippen molar-refractivity contribution in [2.45, 2.75) is 6.42 Å². The van der Waals surface area contributed by atoms with Crippen LogP contribution in [0.2, 0.25) is 0 Å². The SMILES string of the molecule is Cn1c(=O)c(C(=O)N2CCc3ccccc32)c(O)c2ccccc21. The molecule has 4 rings (SSSR count). The molecule has 0 unspecified atom stereocenters. The first-order valence-corrected chi connectivity index (χ1v) is 7.80. The summed E-state index contributed by atoms with van der Waals surface area (Å²) in [6, 6.07) is 14.6. The van der Waals surface area contributed by atoms with Crippen LogP contribution in [0.1, 0.15) is 15.9 Å². The molecule has 0 aliphatic carbocycles. The van der Waals surface area contributed by atoms with Gasteiger partial charge in [0.15, 0.2) is 0 Å². The molecule has 0 fully saturated rings. The van der Waals surface area contributed by atoms with Crippen molar-refractivity contribution in [3.63, 3.8) is 0 Å². The van der Waals surface area contributed by atoms with Crippen LogP contribution in [0.4, 0.5) is 5.69 Å². The molecule has 2 heterocycles. The number of carbonyl (C=O) groups excluding carboxylic acids is 1. The van der Waals surface area contributed by atoms with E-state index in [2.05, 4.69) is 0 Å². The Morgan fingerprint density at radius 2 is 1.79 bits per heavy atom. The Kier molecular flexibility index (Phi) is 3.16. The van der Waals surface area contributed by atoms with Crippen LogP contribution in [0.15, 0.2) is 53.3 Å². The van der Waals surface area contributed by atoms with Crippen LogP contribution in [0.5, 0.6) is 5.75 Å². The number of hydrogen-bond donors (Lipinski definition) is 1. The molecule has 3 aromatic rings. The van der Waals surface area contributed by atoms with E-state index >= 15 is 0 Å². The number of pyridine rings is 1. The number of amides is 1. The lowest BCUT2D eigenvalue weighted by Crippen LogP contribution is -2.35. The van der Waals surface area contributed by atoms with Crippen LogP contribution >= 0.6 is 0 Å². The molecular formula is C19H16N2O3. The summed E-state index contributed by atoms with van der Waals surface area (Å²) < 4.78 is 1.41. The quantitative estimate of drug-likeness (QED) is 0.749. The summed E-state index contributed by atoms with van der Waals surface area (Å²) in [7, 11) is 1.61. The Hall–Kier alpha value is -3.08. The summed E-state index contributed by atoms with van der Waals surface area (Å²) in [5.41, 5.74) is 1.81. The molecule has 0 saturated heterocycles. The number of aromatic hydroxyl groups is 1. The first-order valence-electron chi connectivity index (χ1n) is 7.80. The Labute approximate surface area is 138 Å². The van der Waals surface area contributed by atoms with Crippen molar-refractivity contribution in [3.05, 3.63) is 70.0 Å². The van der Waals surface area contributed by atoms with Gasteiger partial charge in [-0.15, -0.1) is 0 Å². The number of rotatable bonds is 1. The van der Waals surface area contributed by atoms with Crippen molar-refractivity contribution < 1.29 is 9.90 Å². The lowest BCUT2D eigenvalue weighted by molar-refractivity contribution is 0.0985. The van der Waals surface area contributed by atoms with Crippen LogP contribution in [0.3, 0.4) is 0 Å². The van der Waals surface area contributed by atoms with Crippen LogP contribution < -0.4 is 10.5 Å². The zero-order chi connectivity index (χ0) is 16.8. The Morgan fingerprint density at radius 1 is 1.08 bits per heavy atom. The topological polar surface area (TPSA) is 62.5 Å². The molecule has 0 spiro atoms. The first-order chi connectivity index (χ1) is 11.6.